The van der Waals surface area contributed by atoms with Gasteiger partial charge < -0.3 is 10.1 Å². The second kappa shape index (κ2) is 6.27. The molecule has 118 valence electrons. The van der Waals surface area contributed by atoms with Crippen LogP contribution < -0.4 is 5.32 Å². The molecule has 2 atom stereocenters. The fourth-order valence-electron chi connectivity index (χ4n) is 2.57. The van der Waals surface area contributed by atoms with E-state index in [1.54, 1.807) is 0 Å². The number of nitro groups is 1. The maximum Gasteiger partial charge on any atom is 0.336 e. The Balaban J connectivity index is 2.58. The minimum Gasteiger partial charge on any atom is -0.466 e. The summed E-state index contributed by atoms with van der Waals surface area (Å²) in [5, 5.41) is 22.5. The lowest BCUT2D eigenvalue weighted by molar-refractivity contribution is -0.384. The van der Waals surface area contributed by atoms with Crippen molar-refractivity contribution in [2.75, 3.05) is 7.11 Å². The number of methoxy groups -OCH3 is 1. The first-order valence-electron chi connectivity index (χ1n) is 6.64. The molecule has 0 aromatic heterocycles. The number of nitriles is 1. The van der Waals surface area contributed by atoms with Gasteiger partial charge in [0.15, 0.2) is 0 Å². The molecule has 1 aliphatic heterocycles. The zero-order chi connectivity index (χ0) is 17.1. The highest BCUT2D eigenvalue weighted by molar-refractivity contribution is 5.97. The fraction of sp³-hybridized carbons (Fsp3) is 0.267. The average molecular weight is 315 g/mol. The Hall–Kier alpha value is -3.21. The lowest BCUT2D eigenvalue weighted by Crippen LogP contribution is -2.41. The van der Waals surface area contributed by atoms with E-state index in [9.17, 15) is 25.0 Å². The molecule has 0 radical (unpaired) electrons. The minimum atomic E-state index is -1.13. The molecular formula is C15H13N3O5. The first-order chi connectivity index (χ1) is 10.9. The molecule has 0 spiro atoms. The number of nitrogens with one attached hydrogen (secondary N) is 1. The summed E-state index contributed by atoms with van der Waals surface area (Å²) in [6, 6.07) is 7.28. The number of carbonyl (C=O) groups is 2. The molecule has 1 amide bonds. The molecule has 1 N–H and O–H groups in total. The van der Waals surface area contributed by atoms with Crippen molar-refractivity contribution in [3.05, 3.63) is 51.2 Å². The second-order valence-electron chi connectivity index (χ2n) is 4.95. The molecule has 1 aliphatic rings. The predicted octanol–water partition coefficient (Wildman–Crippen LogP) is 1.39. The summed E-state index contributed by atoms with van der Waals surface area (Å²) in [6.45, 7) is 1.54. The molecule has 2 rings (SSSR count). The number of non-ortho nitro benzene ring substituents is 1. The van der Waals surface area contributed by atoms with Crippen LogP contribution in [0.25, 0.3) is 0 Å². The van der Waals surface area contributed by atoms with Gasteiger partial charge in [-0.2, -0.15) is 5.26 Å². The average Bonchev–Trinajstić information content (AvgIpc) is 2.53. The number of nitro benzene ring substituents is 1. The van der Waals surface area contributed by atoms with E-state index in [0.29, 0.717) is 11.3 Å². The van der Waals surface area contributed by atoms with Crippen LogP contribution in [0.4, 0.5) is 5.69 Å². The van der Waals surface area contributed by atoms with Crippen LogP contribution in [-0.4, -0.2) is 23.9 Å². The van der Waals surface area contributed by atoms with E-state index in [1.165, 1.54) is 38.3 Å². The van der Waals surface area contributed by atoms with Crippen LogP contribution in [0, 0.1) is 27.4 Å². The number of nitrogens with zero attached hydrogens (tertiary/aromatic N) is 2. The number of allylic oxidation sites excluding steroid dienone is 1. The molecule has 0 aliphatic carbocycles. The van der Waals surface area contributed by atoms with Gasteiger partial charge in [0.05, 0.1) is 23.7 Å². The molecule has 1 aromatic carbocycles. The fourth-order valence-corrected chi connectivity index (χ4v) is 2.57. The van der Waals surface area contributed by atoms with Crippen LogP contribution in [0.1, 0.15) is 18.4 Å². The van der Waals surface area contributed by atoms with Crippen molar-refractivity contribution in [2.45, 2.75) is 12.8 Å². The largest absolute Gasteiger partial charge is 0.466 e. The molecule has 8 heteroatoms. The van der Waals surface area contributed by atoms with Gasteiger partial charge in [-0.05, 0) is 12.5 Å². The summed E-state index contributed by atoms with van der Waals surface area (Å²) in [4.78, 5) is 34.3. The molecule has 2 unspecified atom stereocenters. The zero-order valence-electron chi connectivity index (χ0n) is 12.4. The van der Waals surface area contributed by atoms with Crippen molar-refractivity contribution in [1.29, 1.82) is 5.26 Å². The van der Waals surface area contributed by atoms with E-state index >= 15 is 0 Å². The van der Waals surface area contributed by atoms with E-state index in [0.717, 1.165) is 0 Å². The van der Waals surface area contributed by atoms with Crippen LogP contribution in [0.2, 0.25) is 0 Å². The number of rotatable bonds is 3. The number of hydrogen-bond donors (Lipinski definition) is 1. The number of benzene rings is 1. The Labute approximate surface area is 131 Å². The Bertz CT molecular complexity index is 745. The highest BCUT2D eigenvalue weighted by atomic mass is 16.6. The first-order valence-corrected chi connectivity index (χ1v) is 6.64. The number of amides is 1. The molecule has 0 bridgehead atoms. The van der Waals surface area contributed by atoms with E-state index in [1.807, 2.05) is 6.07 Å². The van der Waals surface area contributed by atoms with Crippen LogP contribution >= 0.6 is 0 Å². The van der Waals surface area contributed by atoms with Gasteiger partial charge in [-0.1, -0.05) is 12.1 Å². The maximum absolute atomic E-state index is 12.1. The summed E-state index contributed by atoms with van der Waals surface area (Å²) in [6.07, 6.45) is 0. The summed E-state index contributed by atoms with van der Waals surface area (Å²) in [5.74, 6) is -3.16. The zero-order valence-corrected chi connectivity index (χ0v) is 12.4. The third kappa shape index (κ3) is 2.89. The number of hydrogen-bond acceptors (Lipinski definition) is 6. The quantitative estimate of drug-likeness (QED) is 0.511. The van der Waals surface area contributed by atoms with Crippen molar-refractivity contribution in [3.8, 4) is 6.07 Å². The van der Waals surface area contributed by atoms with E-state index in [-0.39, 0.29) is 11.3 Å². The van der Waals surface area contributed by atoms with Gasteiger partial charge in [-0.25, -0.2) is 4.79 Å². The van der Waals surface area contributed by atoms with E-state index < -0.39 is 28.6 Å². The SMILES string of the molecule is COC(=O)C1=C(C)NC(=O)C(C#N)C1c1ccc([N+](=O)[O-])cc1. The van der Waals surface area contributed by atoms with Crippen molar-refractivity contribution < 1.29 is 19.2 Å². The lowest BCUT2D eigenvalue weighted by atomic mass is 9.77. The van der Waals surface area contributed by atoms with Crippen LogP contribution in [-0.2, 0) is 14.3 Å². The number of carbonyl (C=O) groups excluding carboxylic acids is 2. The van der Waals surface area contributed by atoms with Gasteiger partial charge in [-0.15, -0.1) is 0 Å². The third-order valence-electron chi connectivity index (χ3n) is 3.65. The van der Waals surface area contributed by atoms with Gasteiger partial charge in [0.2, 0.25) is 5.91 Å². The predicted molar refractivity (Wildman–Crippen MR) is 77.8 cm³/mol. The highest BCUT2D eigenvalue weighted by Gasteiger charge is 2.41. The second-order valence-corrected chi connectivity index (χ2v) is 4.95. The van der Waals surface area contributed by atoms with Gasteiger partial charge in [0.25, 0.3) is 5.69 Å². The lowest BCUT2D eigenvalue weighted by Gasteiger charge is -2.29. The van der Waals surface area contributed by atoms with E-state index in [4.69, 9.17) is 4.74 Å². The molecule has 0 saturated heterocycles. The van der Waals surface area contributed by atoms with Crippen molar-refractivity contribution in [3.63, 3.8) is 0 Å². The Morgan fingerprint density at radius 2 is 2.00 bits per heavy atom. The molecular weight excluding hydrogens is 302 g/mol. The van der Waals surface area contributed by atoms with Gasteiger partial charge in [0, 0.05) is 23.7 Å². The van der Waals surface area contributed by atoms with Crippen LogP contribution in [0.15, 0.2) is 35.5 Å². The Morgan fingerprint density at radius 3 is 2.48 bits per heavy atom. The Morgan fingerprint density at radius 1 is 1.39 bits per heavy atom. The number of esters is 1. The number of ether oxygens (including phenoxy) is 1. The first kappa shape index (κ1) is 16.2. The van der Waals surface area contributed by atoms with Gasteiger partial charge in [0.1, 0.15) is 5.92 Å². The highest BCUT2D eigenvalue weighted by Crippen LogP contribution is 2.37. The topological polar surface area (TPSA) is 122 Å². The smallest absolute Gasteiger partial charge is 0.336 e. The summed E-state index contributed by atoms with van der Waals surface area (Å²) in [7, 11) is 1.20. The molecule has 0 saturated carbocycles. The summed E-state index contributed by atoms with van der Waals surface area (Å²) in [5.41, 5.74) is 0.795. The molecule has 8 nitrogen and oxygen atoms in total. The summed E-state index contributed by atoms with van der Waals surface area (Å²) < 4.78 is 4.74. The monoisotopic (exact) mass is 315 g/mol. The van der Waals surface area contributed by atoms with Crippen molar-refractivity contribution in [1.82, 2.24) is 5.32 Å². The third-order valence-corrected chi connectivity index (χ3v) is 3.65. The standard InChI is InChI=1S/C15H13N3O5/c1-8-12(15(20)23-2)13(11(7-16)14(19)17-8)9-3-5-10(6-4-9)18(21)22/h3-6,11,13H,1-2H3,(H,17,19). The van der Waals surface area contributed by atoms with Gasteiger partial charge in [-0.3, -0.25) is 14.9 Å². The Kier molecular flexibility index (Phi) is 4.41. The molecule has 23 heavy (non-hydrogen) atoms. The molecule has 1 aromatic rings. The molecule has 1 heterocycles. The van der Waals surface area contributed by atoms with Gasteiger partial charge >= 0.3 is 5.97 Å². The minimum absolute atomic E-state index is 0.122. The maximum atomic E-state index is 12.1. The van der Waals surface area contributed by atoms with E-state index in [2.05, 4.69) is 5.32 Å². The van der Waals surface area contributed by atoms with Crippen molar-refractivity contribution in [2.24, 2.45) is 5.92 Å². The van der Waals surface area contributed by atoms with Crippen molar-refractivity contribution >= 4 is 17.6 Å². The summed E-state index contributed by atoms with van der Waals surface area (Å²) >= 11 is 0. The molecule has 0 fully saturated rings. The van der Waals surface area contributed by atoms with Crippen LogP contribution in [0.5, 0.6) is 0 Å². The van der Waals surface area contributed by atoms with Crippen LogP contribution in [0.3, 0.4) is 0 Å². The normalized spacial score (nSPS) is 20.5.